The number of thiophene rings is 2. The fraction of sp³-hybridized carbons (Fsp3) is 0.571. The molecule has 28 heavy (non-hydrogen) atoms. The smallest absolute Gasteiger partial charge is 0.314 e. The maximum absolute atomic E-state index is 12.5. The summed E-state index contributed by atoms with van der Waals surface area (Å²) in [5.41, 5.74) is 2.54. The highest BCUT2D eigenvalue weighted by molar-refractivity contribution is 7.08. The molecule has 7 heteroatoms. The molecule has 0 radical (unpaired) electrons. The van der Waals surface area contributed by atoms with Crippen LogP contribution in [-0.4, -0.2) is 55.1 Å². The number of urea groups is 1. The largest absolute Gasteiger partial charge is 0.336 e. The lowest BCUT2D eigenvalue weighted by Crippen LogP contribution is -2.45. The Morgan fingerprint density at radius 1 is 0.821 bits per heavy atom. The van der Waals surface area contributed by atoms with Gasteiger partial charge in [-0.2, -0.15) is 22.7 Å². The van der Waals surface area contributed by atoms with Crippen molar-refractivity contribution in [2.45, 2.75) is 39.8 Å². The van der Waals surface area contributed by atoms with E-state index in [1.807, 2.05) is 0 Å². The molecule has 0 spiro atoms. The van der Waals surface area contributed by atoms with Gasteiger partial charge in [0.2, 0.25) is 0 Å². The van der Waals surface area contributed by atoms with Crippen LogP contribution in [0.3, 0.4) is 0 Å². The van der Waals surface area contributed by atoms with Crippen molar-refractivity contribution in [1.82, 2.24) is 20.4 Å². The van der Waals surface area contributed by atoms with Gasteiger partial charge in [-0.05, 0) is 71.0 Å². The van der Waals surface area contributed by atoms with Gasteiger partial charge < -0.3 is 10.6 Å². The number of likely N-dealkylation sites (N-methyl/N-ethyl adjacent to an activating group) is 2. The first-order valence-electron chi connectivity index (χ1n) is 10.2. The zero-order valence-electron chi connectivity index (χ0n) is 17.5. The van der Waals surface area contributed by atoms with Crippen LogP contribution in [0.15, 0.2) is 33.7 Å². The summed E-state index contributed by atoms with van der Waals surface area (Å²) >= 11 is 3.40. The highest BCUT2D eigenvalue weighted by Gasteiger charge is 2.21. The Kier molecular flexibility index (Phi) is 9.98. The van der Waals surface area contributed by atoms with Crippen molar-refractivity contribution in [2.75, 3.05) is 39.3 Å². The molecule has 2 aromatic rings. The average Bonchev–Trinajstić information content (AvgIpc) is 3.42. The van der Waals surface area contributed by atoms with Crippen molar-refractivity contribution in [3.8, 4) is 0 Å². The number of hydrogen-bond donors (Lipinski definition) is 2. The second kappa shape index (κ2) is 12.2. The molecule has 0 bridgehead atoms. The van der Waals surface area contributed by atoms with Gasteiger partial charge in [0.15, 0.2) is 0 Å². The topological polar surface area (TPSA) is 47.6 Å². The van der Waals surface area contributed by atoms with Crippen LogP contribution in [0.4, 0.5) is 4.79 Å². The lowest BCUT2D eigenvalue weighted by molar-refractivity contribution is 0.196. The molecule has 0 aromatic carbocycles. The summed E-state index contributed by atoms with van der Waals surface area (Å²) in [6.45, 7) is 13.7. The Hall–Kier alpha value is -1.41. The molecule has 2 N–H and O–H groups in total. The number of hydrogen-bond acceptors (Lipinski definition) is 5. The molecule has 2 rings (SSSR count). The van der Waals surface area contributed by atoms with Gasteiger partial charge in [0, 0.05) is 13.1 Å². The monoisotopic (exact) mass is 422 g/mol. The van der Waals surface area contributed by atoms with E-state index >= 15 is 0 Å². The minimum atomic E-state index is -0.0974. The third-order valence-corrected chi connectivity index (χ3v) is 6.68. The molecule has 2 unspecified atom stereocenters. The van der Waals surface area contributed by atoms with Gasteiger partial charge in [-0.25, -0.2) is 4.79 Å². The van der Waals surface area contributed by atoms with Gasteiger partial charge in [-0.15, -0.1) is 0 Å². The predicted molar refractivity (Wildman–Crippen MR) is 121 cm³/mol. The molecule has 0 aliphatic rings. The highest BCUT2D eigenvalue weighted by Crippen LogP contribution is 2.23. The summed E-state index contributed by atoms with van der Waals surface area (Å²) in [5, 5.41) is 14.7. The summed E-state index contributed by atoms with van der Waals surface area (Å²) in [6.07, 6.45) is 0. The van der Waals surface area contributed by atoms with Gasteiger partial charge in [-0.1, -0.05) is 27.7 Å². The lowest BCUT2D eigenvalue weighted by Gasteiger charge is -2.31. The molecule has 5 nitrogen and oxygen atoms in total. The van der Waals surface area contributed by atoms with E-state index in [0.717, 1.165) is 26.2 Å². The number of carbonyl (C=O) groups excluding carboxylic acids is 1. The van der Waals surface area contributed by atoms with E-state index in [2.05, 4.69) is 81.8 Å². The Morgan fingerprint density at radius 3 is 1.50 bits per heavy atom. The van der Waals surface area contributed by atoms with Gasteiger partial charge in [0.1, 0.15) is 0 Å². The minimum absolute atomic E-state index is 0.0974. The average molecular weight is 423 g/mol. The maximum Gasteiger partial charge on any atom is 0.314 e. The fourth-order valence-corrected chi connectivity index (χ4v) is 5.03. The molecule has 0 saturated carbocycles. The molecule has 0 fully saturated rings. The first kappa shape index (κ1) is 22.9. The predicted octanol–water partition coefficient (Wildman–Crippen LogP) is 4.57. The van der Waals surface area contributed by atoms with Gasteiger partial charge >= 0.3 is 6.03 Å². The van der Waals surface area contributed by atoms with Crippen molar-refractivity contribution in [3.05, 3.63) is 44.8 Å². The number of amides is 2. The van der Waals surface area contributed by atoms with Crippen molar-refractivity contribution >= 4 is 28.7 Å². The zero-order chi connectivity index (χ0) is 20.4. The Labute approximate surface area is 177 Å². The first-order valence-corrected chi connectivity index (χ1v) is 12.1. The van der Waals surface area contributed by atoms with Crippen LogP contribution >= 0.6 is 22.7 Å². The molecule has 2 amide bonds. The summed E-state index contributed by atoms with van der Waals surface area (Å²) in [5.74, 6) is 0. The van der Waals surface area contributed by atoms with Crippen LogP contribution in [0.2, 0.25) is 0 Å². The van der Waals surface area contributed by atoms with Crippen molar-refractivity contribution in [1.29, 1.82) is 0 Å². The van der Waals surface area contributed by atoms with Crippen LogP contribution in [0, 0.1) is 0 Å². The fourth-order valence-electron chi connectivity index (χ4n) is 3.61. The molecule has 2 heterocycles. The Bertz CT molecular complexity index is 596. The molecular formula is C21H34N4OS2. The Balaban J connectivity index is 1.94. The molecular weight excluding hydrogens is 388 g/mol. The second-order valence-corrected chi connectivity index (χ2v) is 8.24. The van der Waals surface area contributed by atoms with Crippen LogP contribution < -0.4 is 10.6 Å². The zero-order valence-corrected chi connectivity index (χ0v) is 19.1. The number of rotatable bonds is 12. The molecule has 2 aromatic heterocycles. The standard InChI is InChI=1S/C21H34N4OS2/c1-5-24(6-2)19(17-9-11-27-15-17)13-22-21(26)23-14-20(25(7-3)8-4)18-10-12-28-16-18/h9-12,15-16,19-20H,5-8,13-14H2,1-4H3,(H2,22,23,26). The molecule has 0 aliphatic carbocycles. The molecule has 156 valence electrons. The van der Waals surface area contributed by atoms with Gasteiger partial charge in [0.25, 0.3) is 0 Å². The molecule has 0 saturated heterocycles. The van der Waals surface area contributed by atoms with E-state index in [4.69, 9.17) is 0 Å². The van der Waals surface area contributed by atoms with Crippen LogP contribution in [0.25, 0.3) is 0 Å². The van der Waals surface area contributed by atoms with Crippen LogP contribution in [-0.2, 0) is 0 Å². The van der Waals surface area contributed by atoms with E-state index in [0.29, 0.717) is 13.1 Å². The van der Waals surface area contributed by atoms with Crippen LogP contribution in [0.1, 0.15) is 50.9 Å². The maximum atomic E-state index is 12.5. The quantitative estimate of drug-likeness (QED) is 0.526. The normalized spacial score (nSPS) is 13.6. The number of nitrogens with one attached hydrogen (secondary N) is 2. The van der Waals surface area contributed by atoms with E-state index in [1.165, 1.54) is 11.1 Å². The third-order valence-electron chi connectivity index (χ3n) is 5.27. The van der Waals surface area contributed by atoms with Crippen molar-refractivity contribution in [2.24, 2.45) is 0 Å². The van der Waals surface area contributed by atoms with E-state index in [9.17, 15) is 4.79 Å². The van der Waals surface area contributed by atoms with Gasteiger partial charge in [0.05, 0.1) is 12.1 Å². The number of carbonyl (C=O) groups is 1. The Morgan fingerprint density at radius 2 is 1.21 bits per heavy atom. The summed E-state index contributed by atoms with van der Waals surface area (Å²) in [7, 11) is 0. The van der Waals surface area contributed by atoms with Crippen molar-refractivity contribution < 1.29 is 4.79 Å². The van der Waals surface area contributed by atoms with Gasteiger partial charge in [-0.3, -0.25) is 9.80 Å². The van der Waals surface area contributed by atoms with E-state index < -0.39 is 0 Å². The van der Waals surface area contributed by atoms with Crippen molar-refractivity contribution in [3.63, 3.8) is 0 Å². The summed E-state index contributed by atoms with van der Waals surface area (Å²) < 4.78 is 0. The van der Waals surface area contributed by atoms with E-state index in [1.54, 1.807) is 22.7 Å². The lowest BCUT2D eigenvalue weighted by atomic mass is 10.1. The minimum Gasteiger partial charge on any atom is -0.336 e. The van der Waals surface area contributed by atoms with Crippen LogP contribution in [0.5, 0.6) is 0 Å². The summed E-state index contributed by atoms with van der Waals surface area (Å²) in [6, 6.07) is 4.63. The summed E-state index contributed by atoms with van der Waals surface area (Å²) in [4.78, 5) is 17.3. The number of nitrogens with zero attached hydrogens (tertiary/aromatic N) is 2. The molecule has 0 aliphatic heterocycles. The SMILES string of the molecule is CCN(CC)C(CNC(=O)NCC(c1ccsc1)N(CC)CC)c1ccsc1. The highest BCUT2D eigenvalue weighted by atomic mass is 32.1. The first-order chi connectivity index (χ1) is 13.6. The molecule has 2 atom stereocenters. The van der Waals surface area contributed by atoms with E-state index in [-0.39, 0.29) is 18.1 Å². The second-order valence-electron chi connectivity index (χ2n) is 6.68. The third kappa shape index (κ3) is 6.30.